The van der Waals surface area contributed by atoms with E-state index >= 15 is 0 Å². The number of methoxy groups -OCH3 is 1. The molecule has 0 spiro atoms. The monoisotopic (exact) mass is 275 g/mol. The Balaban J connectivity index is 2.25. The van der Waals surface area contributed by atoms with E-state index in [2.05, 4.69) is 26.1 Å². The van der Waals surface area contributed by atoms with Gasteiger partial charge >= 0.3 is 0 Å². The van der Waals surface area contributed by atoms with Gasteiger partial charge in [0, 0.05) is 6.04 Å². The van der Waals surface area contributed by atoms with E-state index in [0.29, 0.717) is 17.4 Å². The van der Waals surface area contributed by atoms with E-state index in [0.717, 1.165) is 18.4 Å². The molecule has 0 aliphatic heterocycles. The van der Waals surface area contributed by atoms with Crippen LogP contribution in [-0.4, -0.2) is 19.1 Å². The Morgan fingerprint density at radius 3 is 2.45 bits per heavy atom. The number of hydrogen-bond acceptors (Lipinski definition) is 2. The fourth-order valence-electron chi connectivity index (χ4n) is 2.69. The highest BCUT2D eigenvalue weighted by atomic mass is 16.5. The van der Waals surface area contributed by atoms with Gasteiger partial charge < -0.3 is 10.1 Å². The molecule has 0 saturated heterocycles. The Morgan fingerprint density at radius 1 is 1.25 bits per heavy atom. The SMILES string of the molecule is COc1ccc(C(C)(C)C)cc1C(=O)NC1CCCC1. The van der Waals surface area contributed by atoms with Crippen molar-refractivity contribution in [3.05, 3.63) is 29.3 Å². The maximum Gasteiger partial charge on any atom is 0.255 e. The molecule has 0 unspecified atom stereocenters. The smallest absolute Gasteiger partial charge is 0.255 e. The molecule has 0 bridgehead atoms. The van der Waals surface area contributed by atoms with Crippen LogP contribution in [0.2, 0.25) is 0 Å². The summed E-state index contributed by atoms with van der Waals surface area (Å²) in [6, 6.07) is 6.21. The van der Waals surface area contributed by atoms with Crippen LogP contribution in [0.1, 0.15) is 62.4 Å². The highest BCUT2D eigenvalue weighted by Gasteiger charge is 2.22. The van der Waals surface area contributed by atoms with Crippen molar-refractivity contribution in [1.82, 2.24) is 5.32 Å². The van der Waals surface area contributed by atoms with Crippen molar-refractivity contribution in [3.8, 4) is 5.75 Å². The molecule has 1 fully saturated rings. The molecule has 1 amide bonds. The molecular formula is C17H25NO2. The van der Waals surface area contributed by atoms with Crippen LogP contribution in [0.4, 0.5) is 0 Å². The molecule has 1 saturated carbocycles. The van der Waals surface area contributed by atoms with Crippen LogP contribution < -0.4 is 10.1 Å². The number of nitrogens with one attached hydrogen (secondary N) is 1. The minimum atomic E-state index is -0.0140. The Bertz CT molecular complexity index is 482. The average Bonchev–Trinajstić information content (AvgIpc) is 2.89. The maximum absolute atomic E-state index is 12.5. The maximum atomic E-state index is 12.5. The summed E-state index contributed by atoms with van der Waals surface area (Å²) in [6.07, 6.45) is 4.61. The highest BCUT2D eigenvalue weighted by molar-refractivity contribution is 5.97. The fraction of sp³-hybridized carbons (Fsp3) is 0.588. The molecule has 1 aromatic carbocycles. The van der Waals surface area contributed by atoms with Gasteiger partial charge in [0.15, 0.2) is 0 Å². The molecule has 0 atom stereocenters. The Labute approximate surface area is 121 Å². The number of carbonyl (C=O) groups excluding carboxylic acids is 1. The molecule has 1 N–H and O–H groups in total. The lowest BCUT2D eigenvalue weighted by Crippen LogP contribution is -2.33. The van der Waals surface area contributed by atoms with Gasteiger partial charge in [0.2, 0.25) is 0 Å². The zero-order chi connectivity index (χ0) is 14.8. The van der Waals surface area contributed by atoms with E-state index in [1.54, 1.807) is 7.11 Å². The lowest BCUT2D eigenvalue weighted by molar-refractivity contribution is 0.0934. The molecule has 110 valence electrons. The summed E-state index contributed by atoms with van der Waals surface area (Å²) < 4.78 is 5.34. The third-order valence-corrected chi connectivity index (χ3v) is 4.00. The van der Waals surface area contributed by atoms with Gasteiger partial charge in [0.25, 0.3) is 5.91 Å². The van der Waals surface area contributed by atoms with E-state index in [4.69, 9.17) is 4.74 Å². The van der Waals surface area contributed by atoms with Crippen molar-refractivity contribution < 1.29 is 9.53 Å². The van der Waals surface area contributed by atoms with Crippen LogP contribution in [0.5, 0.6) is 5.75 Å². The van der Waals surface area contributed by atoms with Crippen molar-refractivity contribution in [2.24, 2.45) is 0 Å². The number of hydrogen-bond donors (Lipinski definition) is 1. The second-order valence-electron chi connectivity index (χ2n) is 6.62. The molecule has 3 heteroatoms. The molecule has 1 aliphatic rings. The Morgan fingerprint density at radius 2 is 1.90 bits per heavy atom. The van der Waals surface area contributed by atoms with Gasteiger partial charge in [-0.15, -0.1) is 0 Å². The molecule has 1 aliphatic carbocycles. The zero-order valence-electron chi connectivity index (χ0n) is 13.0. The van der Waals surface area contributed by atoms with Gasteiger partial charge in [-0.2, -0.15) is 0 Å². The van der Waals surface area contributed by atoms with Crippen LogP contribution >= 0.6 is 0 Å². The second kappa shape index (κ2) is 5.86. The fourth-order valence-corrected chi connectivity index (χ4v) is 2.69. The van der Waals surface area contributed by atoms with Gasteiger partial charge in [-0.25, -0.2) is 0 Å². The zero-order valence-corrected chi connectivity index (χ0v) is 13.0. The van der Waals surface area contributed by atoms with Crippen molar-refractivity contribution in [3.63, 3.8) is 0 Å². The number of amides is 1. The largest absolute Gasteiger partial charge is 0.496 e. The summed E-state index contributed by atoms with van der Waals surface area (Å²) in [5.74, 6) is 0.633. The Hall–Kier alpha value is -1.51. The predicted molar refractivity (Wildman–Crippen MR) is 81.4 cm³/mol. The molecule has 2 rings (SSSR count). The molecule has 0 aromatic heterocycles. The van der Waals surface area contributed by atoms with Crippen molar-refractivity contribution >= 4 is 5.91 Å². The first-order chi connectivity index (χ1) is 9.41. The highest BCUT2D eigenvalue weighted by Crippen LogP contribution is 2.28. The topological polar surface area (TPSA) is 38.3 Å². The number of benzene rings is 1. The summed E-state index contributed by atoms with van der Waals surface area (Å²) in [6.45, 7) is 6.44. The second-order valence-corrected chi connectivity index (χ2v) is 6.62. The summed E-state index contributed by atoms with van der Waals surface area (Å²) in [7, 11) is 1.61. The third kappa shape index (κ3) is 3.33. The summed E-state index contributed by atoms with van der Waals surface area (Å²) in [4.78, 5) is 12.5. The van der Waals surface area contributed by atoms with E-state index in [1.165, 1.54) is 12.8 Å². The van der Waals surface area contributed by atoms with E-state index in [9.17, 15) is 4.79 Å². The normalized spacial score (nSPS) is 16.2. The van der Waals surface area contributed by atoms with Crippen molar-refractivity contribution in [1.29, 1.82) is 0 Å². The summed E-state index contributed by atoms with van der Waals surface area (Å²) in [5.41, 5.74) is 1.82. The third-order valence-electron chi connectivity index (χ3n) is 4.00. The number of carbonyl (C=O) groups is 1. The van der Waals surface area contributed by atoms with E-state index < -0.39 is 0 Å². The predicted octanol–water partition coefficient (Wildman–Crippen LogP) is 3.67. The minimum absolute atomic E-state index is 0.0140. The standard InChI is InChI=1S/C17H25NO2/c1-17(2,3)12-9-10-15(20-4)14(11-12)16(19)18-13-7-5-6-8-13/h9-11,13H,5-8H2,1-4H3,(H,18,19). The molecule has 0 heterocycles. The molecule has 20 heavy (non-hydrogen) atoms. The first-order valence-corrected chi connectivity index (χ1v) is 7.41. The van der Waals surface area contributed by atoms with E-state index in [1.807, 2.05) is 18.2 Å². The lowest BCUT2D eigenvalue weighted by atomic mass is 9.86. The van der Waals surface area contributed by atoms with Crippen LogP contribution in [-0.2, 0) is 5.41 Å². The Kier molecular flexibility index (Phi) is 4.36. The molecule has 0 radical (unpaired) electrons. The quantitative estimate of drug-likeness (QED) is 0.914. The van der Waals surface area contributed by atoms with E-state index in [-0.39, 0.29) is 11.3 Å². The summed E-state index contributed by atoms with van der Waals surface area (Å²) >= 11 is 0. The van der Waals surface area contributed by atoms with Gasteiger partial charge in [0.1, 0.15) is 5.75 Å². The van der Waals surface area contributed by atoms with Gasteiger partial charge in [-0.05, 0) is 36.0 Å². The lowest BCUT2D eigenvalue weighted by Gasteiger charge is -2.21. The minimum Gasteiger partial charge on any atom is -0.496 e. The number of ether oxygens (including phenoxy) is 1. The van der Waals surface area contributed by atoms with Crippen molar-refractivity contribution in [2.75, 3.05) is 7.11 Å². The van der Waals surface area contributed by atoms with Crippen LogP contribution in [0.3, 0.4) is 0 Å². The molecule has 1 aromatic rings. The van der Waals surface area contributed by atoms with Crippen LogP contribution in [0.15, 0.2) is 18.2 Å². The van der Waals surface area contributed by atoms with Crippen molar-refractivity contribution in [2.45, 2.75) is 57.9 Å². The van der Waals surface area contributed by atoms with Crippen LogP contribution in [0.25, 0.3) is 0 Å². The van der Waals surface area contributed by atoms with Gasteiger partial charge in [-0.3, -0.25) is 4.79 Å². The molecular weight excluding hydrogens is 250 g/mol. The first kappa shape index (κ1) is 14.9. The first-order valence-electron chi connectivity index (χ1n) is 7.41. The van der Waals surface area contributed by atoms with Gasteiger partial charge in [-0.1, -0.05) is 39.7 Å². The van der Waals surface area contributed by atoms with Crippen LogP contribution in [0, 0.1) is 0 Å². The van der Waals surface area contributed by atoms with Gasteiger partial charge in [0.05, 0.1) is 12.7 Å². The number of rotatable bonds is 3. The summed E-state index contributed by atoms with van der Waals surface area (Å²) in [5, 5.41) is 3.13. The molecule has 3 nitrogen and oxygen atoms in total. The average molecular weight is 275 g/mol.